The molecule has 1 unspecified atom stereocenters. The van der Waals surface area contributed by atoms with Crippen LogP contribution in [0.25, 0.3) is 0 Å². The highest BCUT2D eigenvalue weighted by molar-refractivity contribution is 7.90. The first-order valence-electron chi connectivity index (χ1n) is 4.04. The zero-order chi connectivity index (χ0) is 10.8. The lowest BCUT2D eigenvalue weighted by atomic mass is 10.1. The second kappa shape index (κ2) is 4.08. The number of aliphatic hydroxyl groups is 2. The largest absolute Gasteiger partial charge is 0.393 e. The van der Waals surface area contributed by atoms with Crippen LogP contribution < -0.4 is 0 Å². The van der Waals surface area contributed by atoms with Gasteiger partial charge in [-0.15, -0.1) is 0 Å². The van der Waals surface area contributed by atoms with Crippen molar-refractivity contribution in [1.82, 2.24) is 0 Å². The number of hydrogen-bond acceptors (Lipinski definition) is 4. The second-order valence-corrected chi connectivity index (χ2v) is 5.06. The van der Waals surface area contributed by atoms with E-state index in [9.17, 15) is 13.5 Å². The molecule has 0 fully saturated rings. The number of rotatable bonds is 3. The Morgan fingerprint density at radius 1 is 1.29 bits per heavy atom. The van der Waals surface area contributed by atoms with E-state index < -0.39 is 15.9 Å². The van der Waals surface area contributed by atoms with Gasteiger partial charge in [-0.25, -0.2) is 8.42 Å². The molecular formula is C9H12O4S. The average Bonchev–Trinajstić information content (AvgIpc) is 2.15. The van der Waals surface area contributed by atoms with Crippen molar-refractivity contribution < 1.29 is 18.6 Å². The Labute approximate surface area is 82.7 Å². The van der Waals surface area contributed by atoms with Gasteiger partial charge in [0.15, 0.2) is 9.84 Å². The summed E-state index contributed by atoms with van der Waals surface area (Å²) in [6.07, 6.45) is 0.161. The van der Waals surface area contributed by atoms with Crippen LogP contribution in [0.15, 0.2) is 29.2 Å². The summed E-state index contributed by atoms with van der Waals surface area (Å²) in [5.41, 5.74) is 0.500. The van der Waals surface area contributed by atoms with Crippen LogP contribution in [0.1, 0.15) is 11.7 Å². The SMILES string of the molecule is CS(=O)(=O)c1ccc(C(O)CO)cc1. The van der Waals surface area contributed by atoms with Gasteiger partial charge in [0.2, 0.25) is 0 Å². The first-order valence-corrected chi connectivity index (χ1v) is 5.93. The lowest BCUT2D eigenvalue weighted by Gasteiger charge is -2.07. The minimum absolute atomic E-state index is 0.200. The van der Waals surface area contributed by atoms with Crippen LogP contribution >= 0.6 is 0 Å². The van der Waals surface area contributed by atoms with Crippen molar-refractivity contribution in [3.05, 3.63) is 29.8 Å². The summed E-state index contributed by atoms with van der Waals surface area (Å²) in [5.74, 6) is 0. The van der Waals surface area contributed by atoms with Gasteiger partial charge in [-0.3, -0.25) is 0 Å². The van der Waals surface area contributed by atoms with Gasteiger partial charge in [0.05, 0.1) is 11.5 Å². The van der Waals surface area contributed by atoms with Crippen molar-refractivity contribution in [3.63, 3.8) is 0 Å². The number of hydrogen-bond donors (Lipinski definition) is 2. The third-order valence-corrected chi connectivity index (χ3v) is 2.99. The topological polar surface area (TPSA) is 74.6 Å². The summed E-state index contributed by atoms with van der Waals surface area (Å²) in [6, 6.07) is 5.78. The molecule has 14 heavy (non-hydrogen) atoms. The van der Waals surface area contributed by atoms with Crippen molar-refractivity contribution in [2.75, 3.05) is 12.9 Å². The van der Waals surface area contributed by atoms with E-state index in [1.807, 2.05) is 0 Å². The van der Waals surface area contributed by atoms with Gasteiger partial charge in [-0.1, -0.05) is 12.1 Å². The summed E-state index contributed by atoms with van der Waals surface area (Å²) in [5, 5.41) is 17.9. The fraction of sp³-hybridized carbons (Fsp3) is 0.333. The molecule has 1 rings (SSSR count). The van der Waals surface area contributed by atoms with E-state index in [4.69, 9.17) is 5.11 Å². The number of aliphatic hydroxyl groups excluding tert-OH is 2. The van der Waals surface area contributed by atoms with E-state index in [1.54, 1.807) is 0 Å². The molecule has 2 N–H and O–H groups in total. The maximum atomic E-state index is 11.1. The highest BCUT2D eigenvalue weighted by Crippen LogP contribution is 2.15. The zero-order valence-electron chi connectivity index (χ0n) is 7.71. The molecule has 0 aliphatic carbocycles. The Morgan fingerprint density at radius 2 is 1.79 bits per heavy atom. The molecule has 0 saturated heterocycles. The van der Waals surface area contributed by atoms with E-state index in [2.05, 4.69) is 0 Å². The molecule has 1 atom stereocenters. The molecule has 0 aliphatic rings. The van der Waals surface area contributed by atoms with Crippen LogP contribution in [0.3, 0.4) is 0 Å². The van der Waals surface area contributed by atoms with Crippen LogP contribution in [0.5, 0.6) is 0 Å². The normalized spacial score (nSPS) is 13.9. The Morgan fingerprint density at radius 3 is 2.14 bits per heavy atom. The quantitative estimate of drug-likeness (QED) is 0.752. The van der Waals surface area contributed by atoms with Crippen molar-refractivity contribution in [2.24, 2.45) is 0 Å². The van der Waals surface area contributed by atoms with Gasteiger partial charge in [0.1, 0.15) is 6.10 Å². The fourth-order valence-electron chi connectivity index (χ4n) is 1.04. The molecular weight excluding hydrogens is 204 g/mol. The molecule has 4 nitrogen and oxygen atoms in total. The van der Waals surface area contributed by atoms with E-state index in [-0.39, 0.29) is 11.5 Å². The molecule has 1 aromatic carbocycles. The Kier molecular flexibility index (Phi) is 3.25. The van der Waals surface area contributed by atoms with E-state index in [1.165, 1.54) is 24.3 Å². The summed E-state index contributed by atoms with van der Waals surface area (Å²) in [6.45, 7) is -0.377. The summed E-state index contributed by atoms with van der Waals surface area (Å²) < 4.78 is 22.1. The minimum atomic E-state index is -3.20. The molecule has 0 aromatic heterocycles. The van der Waals surface area contributed by atoms with E-state index in [0.29, 0.717) is 5.56 Å². The third-order valence-electron chi connectivity index (χ3n) is 1.87. The summed E-state index contributed by atoms with van der Waals surface area (Å²) in [7, 11) is -3.20. The highest BCUT2D eigenvalue weighted by atomic mass is 32.2. The molecule has 0 radical (unpaired) electrons. The van der Waals surface area contributed by atoms with Gasteiger partial charge < -0.3 is 10.2 Å². The average molecular weight is 216 g/mol. The molecule has 0 bridgehead atoms. The molecule has 0 saturated carbocycles. The van der Waals surface area contributed by atoms with Crippen LogP contribution in [0, 0.1) is 0 Å². The van der Waals surface area contributed by atoms with E-state index in [0.717, 1.165) is 6.26 Å². The maximum absolute atomic E-state index is 11.1. The van der Waals surface area contributed by atoms with E-state index >= 15 is 0 Å². The molecule has 0 spiro atoms. The van der Waals surface area contributed by atoms with Gasteiger partial charge in [0, 0.05) is 6.26 Å². The predicted molar refractivity (Wildman–Crippen MR) is 51.6 cm³/mol. The first kappa shape index (κ1) is 11.2. The lowest BCUT2D eigenvalue weighted by Crippen LogP contribution is -2.03. The zero-order valence-corrected chi connectivity index (χ0v) is 8.53. The standard InChI is InChI=1S/C9H12O4S/c1-14(12,13)8-4-2-7(3-5-8)9(11)6-10/h2-5,9-11H,6H2,1H3. The number of sulfone groups is 1. The van der Waals surface area contributed by atoms with Gasteiger partial charge in [-0.05, 0) is 17.7 Å². The molecule has 78 valence electrons. The fourth-order valence-corrected chi connectivity index (χ4v) is 1.67. The van der Waals surface area contributed by atoms with Crippen LogP contribution in [0.4, 0.5) is 0 Å². The molecule has 0 aliphatic heterocycles. The first-order chi connectivity index (χ1) is 6.45. The Hall–Kier alpha value is -0.910. The summed E-state index contributed by atoms with van der Waals surface area (Å²) in [4.78, 5) is 0.200. The van der Waals surface area contributed by atoms with Crippen LogP contribution in [-0.4, -0.2) is 31.5 Å². The van der Waals surface area contributed by atoms with Crippen molar-refractivity contribution >= 4 is 9.84 Å². The maximum Gasteiger partial charge on any atom is 0.175 e. The Balaban J connectivity index is 3.01. The van der Waals surface area contributed by atoms with Gasteiger partial charge in [0.25, 0.3) is 0 Å². The highest BCUT2D eigenvalue weighted by Gasteiger charge is 2.09. The van der Waals surface area contributed by atoms with Crippen molar-refractivity contribution in [2.45, 2.75) is 11.0 Å². The summed E-state index contributed by atoms with van der Waals surface area (Å²) >= 11 is 0. The molecule has 1 aromatic rings. The third kappa shape index (κ3) is 2.54. The predicted octanol–water partition coefficient (Wildman–Crippen LogP) is 0.116. The smallest absolute Gasteiger partial charge is 0.175 e. The van der Waals surface area contributed by atoms with Gasteiger partial charge >= 0.3 is 0 Å². The molecule has 5 heteroatoms. The molecule has 0 amide bonds. The van der Waals surface area contributed by atoms with Crippen LogP contribution in [-0.2, 0) is 9.84 Å². The van der Waals surface area contributed by atoms with Crippen molar-refractivity contribution in [1.29, 1.82) is 0 Å². The van der Waals surface area contributed by atoms with Crippen LogP contribution in [0.2, 0.25) is 0 Å². The van der Waals surface area contributed by atoms with Crippen molar-refractivity contribution in [3.8, 4) is 0 Å². The monoisotopic (exact) mass is 216 g/mol. The Bertz CT molecular complexity index is 393. The second-order valence-electron chi connectivity index (χ2n) is 3.04. The lowest BCUT2D eigenvalue weighted by molar-refractivity contribution is 0.0956. The number of benzene rings is 1. The minimum Gasteiger partial charge on any atom is -0.393 e. The molecule has 0 heterocycles. The van der Waals surface area contributed by atoms with Gasteiger partial charge in [-0.2, -0.15) is 0 Å².